The van der Waals surface area contributed by atoms with Crippen LogP contribution < -0.4 is 0 Å². The quantitative estimate of drug-likeness (QED) is 0.692. The van der Waals surface area contributed by atoms with Gasteiger partial charge in [0, 0.05) is 42.9 Å². The number of piperazine rings is 1. The van der Waals surface area contributed by atoms with Gasteiger partial charge in [0.05, 0.1) is 0 Å². The summed E-state index contributed by atoms with van der Waals surface area (Å²) in [6.45, 7) is 6.95. The molecule has 2 fully saturated rings. The van der Waals surface area contributed by atoms with Gasteiger partial charge < -0.3 is 14.5 Å². The third kappa shape index (κ3) is 4.15. The SMILES string of the molecule is CC(C)(C)OC(=O)N1CCN(C2=C(C(=O)C(F)(F)F)C3(CCCCC3)C2)CC1. The first kappa shape index (κ1) is 21.0. The average Bonchev–Trinajstić information content (AvgIpc) is 2.58. The molecule has 158 valence electrons. The highest BCUT2D eigenvalue weighted by molar-refractivity contribution is 6.03. The van der Waals surface area contributed by atoms with Crippen LogP contribution in [0.4, 0.5) is 18.0 Å². The van der Waals surface area contributed by atoms with Crippen LogP contribution >= 0.6 is 0 Å². The van der Waals surface area contributed by atoms with Crippen LogP contribution in [0, 0.1) is 5.41 Å². The Morgan fingerprint density at radius 3 is 2.04 bits per heavy atom. The van der Waals surface area contributed by atoms with Gasteiger partial charge in [0.1, 0.15) is 5.60 Å². The van der Waals surface area contributed by atoms with E-state index in [-0.39, 0.29) is 5.57 Å². The van der Waals surface area contributed by atoms with E-state index in [1.54, 1.807) is 25.7 Å². The summed E-state index contributed by atoms with van der Waals surface area (Å²) in [6, 6.07) is 0. The molecule has 8 heteroatoms. The van der Waals surface area contributed by atoms with E-state index in [1.165, 1.54) is 0 Å². The number of amides is 1. The van der Waals surface area contributed by atoms with Gasteiger partial charge in [-0.25, -0.2) is 4.79 Å². The van der Waals surface area contributed by atoms with Crippen molar-refractivity contribution in [2.45, 2.75) is 71.1 Å². The predicted octanol–water partition coefficient (Wildman–Crippen LogP) is 4.28. The lowest BCUT2D eigenvalue weighted by molar-refractivity contribution is -0.169. The number of ether oxygens (including phenoxy) is 1. The molecule has 1 aliphatic heterocycles. The molecule has 3 aliphatic rings. The Balaban J connectivity index is 1.74. The Kier molecular flexibility index (Phi) is 5.44. The monoisotopic (exact) mass is 402 g/mol. The van der Waals surface area contributed by atoms with Crippen molar-refractivity contribution in [3.63, 3.8) is 0 Å². The molecule has 5 nitrogen and oxygen atoms in total. The largest absolute Gasteiger partial charge is 0.454 e. The third-order valence-electron chi connectivity index (χ3n) is 5.93. The van der Waals surface area contributed by atoms with Gasteiger partial charge in [-0.1, -0.05) is 19.3 Å². The number of alkyl halides is 3. The van der Waals surface area contributed by atoms with Gasteiger partial charge >= 0.3 is 12.3 Å². The average molecular weight is 402 g/mol. The fraction of sp³-hybridized carbons (Fsp3) is 0.800. The molecule has 3 rings (SSSR count). The lowest BCUT2D eigenvalue weighted by Gasteiger charge is -2.52. The number of rotatable bonds is 2. The van der Waals surface area contributed by atoms with E-state index in [2.05, 4.69) is 0 Å². The smallest absolute Gasteiger partial charge is 0.444 e. The van der Waals surface area contributed by atoms with Crippen LogP contribution in [-0.2, 0) is 9.53 Å². The number of halogens is 3. The number of carbonyl (C=O) groups is 2. The van der Waals surface area contributed by atoms with Crippen LogP contribution in [0.3, 0.4) is 0 Å². The molecule has 0 aromatic rings. The number of hydrogen-bond donors (Lipinski definition) is 0. The molecular weight excluding hydrogens is 373 g/mol. The lowest BCUT2D eigenvalue weighted by atomic mass is 9.57. The second kappa shape index (κ2) is 7.26. The second-order valence-electron chi connectivity index (χ2n) is 9.12. The molecule has 0 unspecified atom stereocenters. The highest BCUT2D eigenvalue weighted by Crippen LogP contribution is 2.57. The first-order valence-electron chi connectivity index (χ1n) is 10.0. The first-order chi connectivity index (χ1) is 12.9. The van der Waals surface area contributed by atoms with Crippen LogP contribution in [0.15, 0.2) is 11.3 Å². The number of carbonyl (C=O) groups excluding carboxylic acids is 2. The van der Waals surface area contributed by atoms with E-state index < -0.39 is 29.1 Å². The minimum Gasteiger partial charge on any atom is -0.444 e. The van der Waals surface area contributed by atoms with Crippen molar-refractivity contribution in [3.05, 3.63) is 11.3 Å². The molecule has 0 aromatic carbocycles. The minimum absolute atomic E-state index is 0.00887. The Labute approximate surface area is 163 Å². The summed E-state index contributed by atoms with van der Waals surface area (Å²) < 4.78 is 45.1. The van der Waals surface area contributed by atoms with Gasteiger partial charge in [0.2, 0.25) is 0 Å². The van der Waals surface area contributed by atoms with Crippen molar-refractivity contribution in [1.29, 1.82) is 0 Å². The number of nitrogens with zero attached hydrogens (tertiary/aromatic N) is 2. The predicted molar refractivity (Wildman–Crippen MR) is 97.6 cm³/mol. The van der Waals surface area contributed by atoms with Gasteiger partial charge in [-0.05, 0) is 40.0 Å². The van der Waals surface area contributed by atoms with Crippen LogP contribution in [0.1, 0.15) is 59.3 Å². The molecule has 0 N–H and O–H groups in total. The van der Waals surface area contributed by atoms with E-state index in [0.29, 0.717) is 51.1 Å². The topological polar surface area (TPSA) is 49.9 Å². The highest BCUT2D eigenvalue weighted by Gasteiger charge is 2.56. The lowest BCUT2D eigenvalue weighted by Crippen LogP contribution is -2.54. The van der Waals surface area contributed by atoms with Gasteiger partial charge in [0.15, 0.2) is 0 Å². The van der Waals surface area contributed by atoms with E-state index in [4.69, 9.17) is 4.74 Å². The summed E-state index contributed by atoms with van der Waals surface area (Å²) in [5.41, 5.74) is -0.661. The Morgan fingerprint density at radius 1 is 0.964 bits per heavy atom. The normalized spacial score (nSPS) is 22.9. The molecule has 0 aromatic heterocycles. The maximum atomic E-state index is 13.3. The molecular formula is C20H29F3N2O3. The summed E-state index contributed by atoms with van der Waals surface area (Å²) in [5.74, 6) is -1.68. The maximum Gasteiger partial charge on any atom is 0.454 e. The molecule has 1 amide bonds. The van der Waals surface area contributed by atoms with Crippen molar-refractivity contribution in [3.8, 4) is 0 Å². The van der Waals surface area contributed by atoms with Crippen LogP contribution in [-0.4, -0.2) is 59.6 Å². The van der Waals surface area contributed by atoms with E-state index >= 15 is 0 Å². The number of ketones is 1. The molecule has 1 saturated carbocycles. The standard InChI is InChI=1S/C20H29F3N2O3/c1-18(2,3)28-17(27)25-11-9-24(10-12-25)14-13-19(7-5-4-6-8-19)15(14)16(26)20(21,22)23/h4-13H2,1-3H3. The second-order valence-corrected chi connectivity index (χ2v) is 9.12. The molecule has 1 heterocycles. The van der Waals surface area contributed by atoms with Crippen LogP contribution in [0.5, 0.6) is 0 Å². The van der Waals surface area contributed by atoms with E-state index in [0.717, 1.165) is 19.3 Å². The number of Topliss-reactive ketones (excluding diaryl/α,β-unsaturated/α-hetero) is 1. The summed E-state index contributed by atoms with van der Waals surface area (Å²) in [5, 5.41) is 0. The van der Waals surface area contributed by atoms with Crippen molar-refractivity contribution in [2.24, 2.45) is 5.41 Å². The molecule has 0 radical (unpaired) electrons. The zero-order valence-electron chi connectivity index (χ0n) is 16.8. The summed E-state index contributed by atoms with van der Waals surface area (Å²) in [4.78, 5) is 27.8. The Bertz CT molecular complexity index is 665. The molecule has 2 aliphatic carbocycles. The molecule has 0 atom stereocenters. The summed E-state index contributed by atoms with van der Waals surface area (Å²) in [7, 11) is 0. The fourth-order valence-electron chi connectivity index (χ4n) is 4.62. The maximum absolute atomic E-state index is 13.3. The first-order valence-corrected chi connectivity index (χ1v) is 10.0. The Hall–Kier alpha value is -1.73. The van der Waals surface area contributed by atoms with Crippen molar-refractivity contribution in [2.75, 3.05) is 26.2 Å². The third-order valence-corrected chi connectivity index (χ3v) is 5.93. The summed E-state index contributed by atoms with van der Waals surface area (Å²) >= 11 is 0. The molecule has 1 spiro atoms. The Morgan fingerprint density at radius 2 is 1.54 bits per heavy atom. The van der Waals surface area contributed by atoms with E-state index in [9.17, 15) is 22.8 Å². The van der Waals surface area contributed by atoms with Gasteiger partial charge in [0.25, 0.3) is 5.78 Å². The van der Waals surface area contributed by atoms with Crippen molar-refractivity contribution >= 4 is 11.9 Å². The van der Waals surface area contributed by atoms with Crippen LogP contribution in [0.2, 0.25) is 0 Å². The minimum atomic E-state index is -4.84. The van der Waals surface area contributed by atoms with Gasteiger partial charge in [-0.2, -0.15) is 13.2 Å². The number of allylic oxidation sites excluding steroid dienone is 2. The van der Waals surface area contributed by atoms with E-state index in [1.807, 2.05) is 4.90 Å². The molecule has 0 bridgehead atoms. The zero-order chi connectivity index (χ0) is 20.7. The highest BCUT2D eigenvalue weighted by atomic mass is 19.4. The fourth-order valence-corrected chi connectivity index (χ4v) is 4.62. The molecule has 1 saturated heterocycles. The van der Waals surface area contributed by atoms with Crippen molar-refractivity contribution in [1.82, 2.24) is 9.80 Å². The summed E-state index contributed by atoms with van der Waals surface area (Å²) in [6.07, 6.45) is -0.649. The molecule has 28 heavy (non-hydrogen) atoms. The van der Waals surface area contributed by atoms with Gasteiger partial charge in [-0.15, -0.1) is 0 Å². The zero-order valence-corrected chi connectivity index (χ0v) is 16.8. The van der Waals surface area contributed by atoms with Crippen molar-refractivity contribution < 1.29 is 27.5 Å². The van der Waals surface area contributed by atoms with Gasteiger partial charge in [-0.3, -0.25) is 4.79 Å². The van der Waals surface area contributed by atoms with Crippen LogP contribution in [0.25, 0.3) is 0 Å². The number of hydrogen-bond acceptors (Lipinski definition) is 4.